The number of nitrogens with zero attached hydrogens (tertiary/aromatic N) is 3. The second-order valence-corrected chi connectivity index (χ2v) is 10.4. The molecule has 2 unspecified atom stereocenters. The van der Waals surface area contributed by atoms with Crippen molar-refractivity contribution < 1.29 is 17.9 Å². The highest BCUT2D eigenvalue weighted by Crippen LogP contribution is 2.36. The van der Waals surface area contributed by atoms with E-state index >= 15 is 0 Å². The number of carbonyl (C=O) groups is 1. The number of ether oxygens (including phenoxy) is 1. The highest BCUT2D eigenvalue weighted by atomic mass is 32.2. The number of rotatable bonds is 7. The topological polar surface area (TPSA) is 99.6 Å². The summed E-state index contributed by atoms with van der Waals surface area (Å²) in [6.45, 7) is 5.45. The molecule has 156 valence electrons. The van der Waals surface area contributed by atoms with Crippen LogP contribution < -0.4 is 4.65 Å². The summed E-state index contributed by atoms with van der Waals surface area (Å²) in [7, 11) is -1.73. The summed E-state index contributed by atoms with van der Waals surface area (Å²) < 4.78 is 28.7. The van der Waals surface area contributed by atoms with Crippen molar-refractivity contribution in [2.45, 2.75) is 23.8 Å². The van der Waals surface area contributed by atoms with Crippen molar-refractivity contribution in [2.75, 3.05) is 26.0 Å². The van der Waals surface area contributed by atoms with Gasteiger partial charge in [-0.2, -0.15) is 4.98 Å². The average Bonchev–Trinajstić information content (AvgIpc) is 3.29. The fraction of sp³-hybridized carbons (Fsp3) is 0.368. The van der Waals surface area contributed by atoms with Gasteiger partial charge in [0.25, 0.3) is 11.4 Å². The van der Waals surface area contributed by atoms with E-state index in [1.165, 1.54) is 13.1 Å². The van der Waals surface area contributed by atoms with E-state index in [-0.39, 0.29) is 28.3 Å². The van der Waals surface area contributed by atoms with Crippen LogP contribution in [0.4, 0.5) is 5.13 Å². The summed E-state index contributed by atoms with van der Waals surface area (Å²) in [6.07, 6.45) is 2.51. The molecule has 0 amide bonds. The number of hydroxylamine groups is 2. The van der Waals surface area contributed by atoms with Crippen LogP contribution in [0.1, 0.15) is 22.8 Å². The lowest BCUT2D eigenvalue weighted by molar-refractivity contribution is 0.00569. The number of quaternary nitrogens is 1. The number of allylic oxidation sites excluding steroid dienone is 1. The van der Waals surface area contributed by atoms with Gasteiger partial charge in [-0.3, -0.25) is 4.65 Å². The number of benzene rings is 1. The van der Waals surface area contributed by atoms with Gasteiger partial charge in [0.15, 0.2) is 9.84 Å². The molecule has 0 aliphatic carbocycles. The molecular formula is C19H23N3O5S2. The number of esters is 1. The molecule has 8 nitrogen and oxygen atoms in total. The van der Waals surface area contributed by atoms with Gasteiger partial charge in [0.2, 0.25) is 0 Å². The largest absolute Gasteiger partial charge is 0.622 e. The van der Waals surface area contributed by atoms with Crippen LogP contribution in [0, 0.1) is 5.21 Å². The van der Waals surface area contributed by atoms with Gasteiger partial charge in [-0.1, -0.05) is 25.1 Å². The van der Waals surface area contributed by atoms with Gasteiger partial charge in [-0.15, -0.1) is 6.58 Å². The lowest BCUT2D eigenvalue weighted by atomic mass is 10.1. The molecule has 1 aliphatic rings. The van der Waals surface area contributed by atoms with E-state index < -0.39 is 26.7 Å². The molecule has 0 radical (unpaired) electrons. The maximum absolute atomic E-state index is 13.6. The molecule has 0 saturated carbocycles. The van der Waals surface area contributed by atoms with Crippen molar-refractivity contribution in [1.29, 1.82) is 0 Å². The Morgan fingerprint density at radius 1 is 1.52 bits per heavy atom. The minimum absolute atomic E-state index is 0.00752. The first-order chi connectivity index (χ1) is 13.7. The number of hydrogen-bond acceptors (Lipinski definition) is 8. The maximum Gasteiger partial charge on any atom is 0.342 e. The maximum atomic E-state index is 13.6. The Balaban J connectivity index is 1.86. The van der Waals surface area contributed by atoms with Gasteiger partial charge >= 0.3 is 5.97 Å². The standard InChI is InChI=1S/C19H23N3O5S2/c1-4-7-14-8-6-9-15(10-14)18(23)27-16-12-21(3)13-22(16,24)19-20-11-17(28-19)29(25,26)5-2/h4,6,8-11,16H,1,5,7,12-13H2,2-3H3. The van der Waals surface area contributed by atoms with Gasteiger partial charge < -0.3 is 9.94 Å². The molecule has 2 heterocycles. The summed E-state index contributed by atoms with van der Waals surface area (Å²) in [4.78, 5) is 18.5. The lowest BCUT2D eigenvalue weighted by Crippen LogP contribution is -2.50. The fourth-order valence-corrected chi connectivity index (χ4v) is 5.41. The van der Waals surface area contributed by atoms with E-state index in [4.69, 9.17) is 4.74 Å². The van der Waals surface area contributed by atoms with E-state index in [1.54, 1.807) is 36.2 Å². The van der Waals surface area contributed by atoms with Gasteiger partial charge in [-0.25, -0.2) is 18.1 Å². The second kappa shape index (κ2) is 8.33. The Morgan fingerprint density at radius 3 is 2.97 bits per heavy atom. The van der Waals surface area contributed by atoms with Gasteiger partial charge in [0.05, 0.1) is 24.1 Å². The fourth-order valence-electron chi connectivity index (χ4n) is 3.11. The van der Waals surface area contributed by atoms with E-state index in [2.05, 4.69) is 11.6 Å². The van der Waals surface area contributed by atoms with Crippen LogP contribution in [0.25, 0.3) is 0 Å². The normalized spacial score (nSPS) is 22.5. The number of thiazole rings is 1. The number of carbonyl (C=O) groups excluding carboxylic acids is 1. The van der Waals surface area contributed by atoms with Crippen molar-refractivity contribution in [3.63, 3.8) is 0 Å². The van der Waals surface area contributed by atoms with Crippen molar-refractivity contribution >= 4 is 32.3 Å². The van der Waals surface area contributed by atoms with E-state index in [0.29, 0.717) is 12.0 Å². The number of hydrogen-bond donors (Lipinski definition) is 0. The van der Waals surface area contributed by atoms with E-state index in [1.807, 2.05) is 6.07 Å². The highest BCUT2D eigenvalue weighted by Gasteiger charge is 2.45. The number of aromatic nitrogens is 1. The lowest BCUT2D eigenvalue weighted by Gasteiger charge is -2.38. The summed E-state index contributed by atoms with van der Waals surface area (Å²) >= 11 is 0.830. The smallest absolute Gasteiger partial charge is 0.342 e. The van der Waals surface area contributed by atoms with Crippen LogP contribution in [0.15, 0.2) is 47.3 Å². The Labute approximate surface area is 174 Å². The Kier molecular flexibility index (Phi) is 6.20. The molecule has 10 heteroatoms. The molecule has 3 rings (SSSR count). The Bertz CT molecular complexity index is 1020. The van der Waals surface area contributed by atoms with Crippen LogP contribution in [-0.4, -0.2) is 56.5 Å². The molecule has 2 atom stereocenters. The van der Waals surface area contributed by atoms with E-state index in [9.17, 15) is 18.4 Å². The van der Waals surface area contributed by atoms with Crippen LogP contribution in [0.3, 0.4) is 0 Å². The third kappa shape index (κ3) is 4.41. The molecule has 29 heavy (non-hydrogen) atoms. The molecule has 1 aromatic carbocycles. The first kappa shape index (κ1) is 21.6. The van der Waals surface area contributed by atoms with Crippen LogP contribution in [0.5, 0.6) is 0 Å². The van der Waals surface area contributed by atoms with Gasteiger partial charge in [0, 0.05) is 0 Å². The predicted molar refractivity (Wildman–Crippen MR) is 112 cm³/mol. The molecule has 1 aromatic heterocycles. The molecule has 1 aliphatic heterocycles. The third-order valence-electron chi connectivity index (χ3n) is 4.65. The third-order valence-corrected chi connectivity index (χ3v) is 8.05. The van der Waals surface area contributed by atoms with Gasteiger partial charge in [0.1, 0.15) is 10.9 Å². The summed E-state index contributed by atoms with van der Waals surface area (Å²) in [6, 6.07) is 6.96. The van der Waals surface area contributed by atoms with Crippen molar-refractivity contribution in [3.8, 4) is 0 Å². The quantitative estimate of drug-likeness (QED) is 0.284. The number of likely N-dealkylation sites (N-methyl/N-ethyl adjacent to an activating group) is 1. The zero-order valence-electron chi connectivity index (χ0n) is 16.3. The van der Waals surface area contributed by atoms with Crippen molar-refractivity contribution in [3.05, 3.63) is 59.5 Å². The zero-order valence-corrected chi connectivity index (χ0v) is 17.9. The zero-order chi connectivity index (χ0) is 21.2. The molecule has 0 bridgehead atoms. The van der Waals surface area contributed by atoms with Crippen molar-refractivity contribution in [2.24, 2.45) is 0 Å². The average molecular weight is 438 g/mol. The molecular weight excluding hydrogens is 414 g/mol. The Hall–Kier alpha value is -2.11. The summed E-state index contributed by atoms with van der Waals surface area (Å²) in [5.41, 5.74) is 1.26. The first-order valence-electron chi connectivity index (χ1n) is 9.07. The monoisotopic (exact) mass is 437 g/mol. The molecule has 0 spiro atoms. The molecule has 1 fully saturated rings. The van der Waals surface area contributed by atoms with Crippen LogP contribution in [-0.2, 0) is 21.0 Å². The molecule has 0 N–H and O–H groups in total. The van der Waals surface area contributed by atoms with Crippen LogP contribution in [0.2, 0.25) is 0 Å². The summed E-state index contributed by atoms with van der Waals surface area (Å²) in [5, 5.41) is 13.6. The SMILES string of the molecule is C=CCc1cccc(C(=O)OC2CN(C)C[N+]2([O-])c2ncc(S(=O)(=O)CC)s2)c1. The molecule has 2 aromatic rings. The summed E-state index contributed by atoms with van der Waals surface area (Å²) in [5.74, 6) is -0.681. The highest BCUT2D eigenvalue weighted by molar-refractivity contribution is 7.93. The van der Waals surface area contributed by atoms with Gasteiger partial charge in [-0.05, 0) is 42.5 Å². The first-order valence-corrected chi connectivity index (χ1v) is 11.5. The minimum Gasteiger partial charge on any atom is -0.622 e. The second-order valence-electron chi connectivity index (χ2n) is 6.89. The molecule has 1 saturated heterocycles. The van der Waals surface area contributed by atoms with Crippen molar-refractivity contribution in [1.82, 2.24) is 14.5 Å². The Morgan fingerprint density at radius 2 is 2.28 bits per heavy atom. The van der Waals surface area contributed by atoms with E-state index in [0.717, 1.165) is 16.9 Å². The minimum atomic E-state index is -3.46. The predicted octanol–water partition coefficient (Wildman–Crippen LogP) is 2.56. The number of sulfone groups is 1. The van der Waals surface area contributed by atoms with Crippen LogP contribution >= 0.6 is 11.3 Å².